The van der Waals surface area contributed by atoms with Crippen LogP contribution >= 0.6 is 0 Å². The average molecular weight is 165 g/mol. The SMILES string of the molecule is CNC(=O)c1ccc(C)c([NH3+])c1. The van der Waals surface area contributed by atoms with E-state index in [9.17, 15) is 4.79 Å². The fourth-order valence-electron chi connectivity index (χ4n) is 0.957. The lowest BCUT2D eigenvalue weighted by atomic mass is 10.1. The minimum absolute atomic E-state index is 0.0695. The lowest BCUT2D eigenvalue weighted by Crippen LogP contribution is -2.41. The van der Waals surface area contributed by atoms with Gasteiger partial charge < -0.3 is 11.1 Å². The Morgan fingerprint density at radius 2 is 2.17 bits per heavy atom. The second kappa shape index (κ2) is 3.36. The van der Waals surface area contributed by atoms with Crippen molar-refractivity contribution in [3.63, 3.8) is 0 Å². The maximum absolute atomic E-state index is 11.1. The summed E-state index contributed by atoms with van der Waals surface area (Å²) in [4.78, 5) is 11.1. The Morgan fingerprint density at radius 3 is 2.67 bits per heavy atom. The van der Waals surface area contributed by atoms with Gasteiger partial charge in [0.2, 0.25) is 0 Å². The summed E-state index contributed by atoms with van der Waals surface area (Å²) in [6.45, 7) is 1.97. The van der Waals surface area contributed by atoms with E-state index in [2.05, 4.69) is 11.1 Å². The number of amides is 1. The van der Waals surface area contributed by atoms with Crippen LogP contribution in [0, 0.1) is 6.92 Å². The fourth-order valence-corrected chi connectivity index (χ4v) is 0.957. The number of hydrogen-bond donors (Lipinski definition) is 2. The van der Waals surface area contributed by atoms with Crippen molar-refractivity contribution in [3.8, 4) is 0 Å². The summed E-state index contributed by atoms with van der Waals surface area (Å²) in [5, 5.41) is 2.56. The first-order valence-electron chi connectivity index (χ1n) is 3.80. The second-order valence-corrected chi connectivity index (χ2v) is 2.72. The van der Waals surface area contributed by atoms with Gasteiger partial charge in [-0.2, -0.15) is 0 Å². The highest BCUT2D eigenvalue weighted by atomic mass is 16.1. The van der Waals surface area contributed by atoms with Gasteiger partial charge in [0.15, 0.2) is 0 Å². The molecular weight excluding hydrogens is 152 g/mol. The Kier molecular flexibility index (Phi) is 2.45. The van der Waals surface area contributed by atoms with Crippen LogP contribution in [0.1, 0.15) is 15.9 Å². The van der Waals surface area contributed by atoms with Crippen molar-refractivity contribution in [3.05, 3.63) is 29.3 Å². The van der Waals surface area contributed by atoms with Crippen molar-refractivity contribution >= 4 is 11.6 Å². The van der Waals surface area contributed by atoms with Crippen LogP contribution in [-0.2, 0) is 0 Å². The minimum Gasteiger partial charge on any atom is -0.355 e. The summed E-state index contributed by atoms with van der Waals surface area (Å²) in [7, 11) is 1.62. The molecule has 0 aliphatic carbocycles. The number of benzene rings is 1. The topological polar surface area (TPSA) is 56.7 Å². The first kappa shape index (κ1) is 8.74. The first-order chi connectivity index (χ1) is 5.65. The van der Waals surface area contributed by atoms with Gasteiger partial charge in [0.25, 0.3) is 5.91 Å². The van der Waals surface area contributed by atoms with Gasteiger partial charge in [-0.05, 0) is 13.0 Å². The standard InChI is InChI=1S/C9H12N2O/c1-6-3-4-7(5-8(6)10)9(12)11-2/h3-5H,10H2,1-2H3,(H,11,12)/p+1. The Labute approximate surface area is 71.6 Å². The summed E-state index contributed by atoms with van der Waals surface area (Å²) in [5.41, 5.74) is 6.48. The number of hydrogen-bond acceptors (Lipinski definition) is 1. The molecule has 0 fully saturated rings. The van der Waals surface area contributed by atoms with E-state index in [-0.39, 0.29) is 5.91 Å². The molecule has 0 aliphatic rings. The van der Waals surface area contributed by atoms with E-state index < -0.39 is 0 Å². The molecule has 4 N–H and O–H groups in total. The zero-order valence-electron chi connectivity index (χ0n) is 7.35. The normalized spacial score (nSPS) is 9.58. The summed E-state index contributed by atoms with van der Waals surface area (Å²) in [5.74, 6) is -0.0695. The maximum Gasteiger partial charge on any atom is 0.251 e. The summed E-state index contributed by atoms with van der Waals surface area (Å²) in [6.07, 6.45) is 0. The number of carbonyl (C=O) groups is 1. The van der Waals surface area contributed by atoms with Crippen LogP contribution in [-0.4, -0.2) is 13.0 Å². The zero-order valence-corrected chi connectivity index (χ0v) is 7.35. The van der Waals surface area contributed by atoms with Crippen molar-refractivity contribution in [1.29, 1.82) is 0 Å². The average Bonchev–Trinajstić information content (AvgIpc) is 2.08. The Morgan fingerprint density at radius 1 is 1.50 bits per heavy atom. The number of quaternary nitrogens is 1. The van der Waals surface area contributed by atoms with E-state index in [0.717, 1.165) is 11.3 Å². The van der Waals surface area contributed by atoms with Crippen molar-refractivity contribution in [2.45, 2.75) is 6.92 Å². The number of nitrogens with one attached hydrogen (secondary N) is 1. The largest absolute Gasteiger partial charge is 0.355 e. The molecule has 0 bridgehead atoms. The number of aryl methyl sites for hydroxylation is 1. The van der Waals surface area contributed by atoms with Gasteiger partial charge in [0, 0.05) is 24.2 Å². The van der Waals surface area contributed by atoms with E-state index in [1.165, 1.54) is 0 Å². The first-order valence-corrected chi connectivity index (χ1v) is 3.80. The van der Waals surface area contributed by atoms with Crippen LogP contribution in [0.3, 0.4) is 0 Å². The van der Waals surface area contributed by atoms with Crippen LogP contribution in [0.4, 0.5) is 5.69 Å². The Hall–Kier alpha value is -1.35. The van der Waals surface area contributed by atoms with Crippen LogP contribution in [0.5, 0.6) is 0 Å². The van der Waals surface area contributed by atoms with Crippen LogP contribution in [0.15, 0.2) is 18.2 Å². The zero-order chi connectivity index (χ0) is 9.14. The smallest absolute Gasteiger partial charge is 0.251 e. The third kappa shape index (κ3) is 1.62. The molecule has 1 aromatic rings. The molecule has 0 spiro atoms. The van der Waals surface area contributed by atoms with E-state index in [1.54, 1.807) is 19.2 Å². The van der Waals surface area contributed by atoms with E-state index >= 15 is 0 Å². The highest BCUT2D eigenvalue weighted by molar-refractivity contribution is 5.94. The molecule has 12 heavy (non-hydrogen) atoms. The van der Waals surface area contributed by atoms with Gasteiger partial charge in [-0.25, -0.2) is 0 Å². The highest BCUT2D eigenvalue weighted by Gasteiger charge is 2.05. The van der Waals surface area contributed by atoms with Crippen LogP contribution in [0.25, 0.3) is 0 Å². The molecule has 0 unspecified atom stereocenters. The maximum atomic E-state index is 11.1. The molecule has 64 valence electrons. The monoisotopic (exact) mass is 165 g/mol. The third-order valence-electron chi connectivity index (χ3n) is 1.84. The minimum atomic E-state index is -0.0695. The highest BCUT2D eigenvalue weighted by Crippen LogP contribution is 2.10. The molecule has 1 rings (SSSR count). The summed E-state index contributed by atoms with van der Waals surface area (Å²) >= 11 is 0. The fraction of sp³-hybridized carbons (Fsp3) is 0.222. The van der Waals surface area contributed by atoms with E-state index in [4.69, 9.17) is 0 Å². The quantitative estimate of drug-likeness (QED) is 0.615. The molecule has 0 aliphatic heterocycles. The molecular formula is C9H13N2O+. The van der Waals surface area contributed by atoms with Crippen molar-refractivity contribution in [2.75, 3.05) is 7.05 Å². The van der Waals surface area contributed by atoms with Crippen LogP contribution in [0.2, 0.25) is 0 Å². The van der Waals surface area contributed by atoms with Gasteiger partial charge in [-0.3, -0.25) is 4.79 Å². The van der Waals surface area contributed by atoms with Crippen molar-refractivity contribution in [1.82, 2.24) is 5.32 Å². The van der Waals surface area contributed by atoms with Gasteiger partial charge in [-0.15, -0.1) is 0 Å². The molecule has 0 atom stereocenters. The van der Waals surface area contributed by atoms with Crippen LogP contribution < -0.4 is 11.1 Å². The second-order valence-electron chi connectivity index (χ2n) is 2.72. The molecule has 0 aromatic heterocycles. The lowest BCUT2D eigenvalue weighted by molar-refractivity contribution is -0.255. The molecule has 3 nitrogen and oxygen atoms in total. The molecule has 1 amide bonds. The van der Waals surface area contributed by atoms with Gasteiger partial charge in [-0.1, -0.05) is 6.07 Å². The van der Waals surface area contributed by atoms with Gasteiger partial charge in [0.1, 0.15) is 5.69 Å². The molecule has 3 heteroatoms. The Balaban J connectivity index is 3.05. The molecule has 0 radical (unpaired) electrons. The van der Waals surface area contributed by atoms with E-state index in [0.29, 0.717) is 5.56 Å². The summed E-state index contributed by atoms with van der Waals surface area (Å²) < 4.78 is 0. The molecule has 0 saturated carbocycles. The molecule has 0 saturated heterocycles. The lowest BCUT2D eigenvalue weighted by Gasteiger charge is -2.00. The summed E-state index contributed by atoms with van der Waals surface area (Å²) in [6, 6.07) is 5.48. The van der Waals surface area contributed by atoms with E-state index in [1.807, 2.05) is 13.0 Å². The predicted octanol–water partition coefficient (Wildman–Crippen LogP) is 0.228. The number of carbonyl (C=O) groups excluding carboxylic acids is 1. The van der Waals surface area contributed by atoms with Gasteiger partial charge in [0.05, 0.1) is 0 Å². The molecule has 1 aromatic carbocycles. The van der Waals surface area contributed by atoms with Gasteiger partial charge >= 0.3 is 0 Å². The van der Waals surface area contributed by atoms with Crippen molar-refractivity contribution < 1.29 is 10.5 Å². The molecule has 0 heterocycles. The number of rotatable bonds is 1. The third-order valence-corrected chi connectivity index (χ3v) is 1.84. The predicted molar refractivity (Wildman–Crippen MR) is 47.1 cm³/mol. The Bertz CT molecular complexity index is 307. The van der Waals surface area contributed by atoms with Crippen molar-refractivity contribution in [2.24, 2.45) is 0 Å².